The van der Waals surface area contributed by atoms with Gasteiger partial charge in [0.2, 0.25) is 5.91 Å². The zero-order valence-electron chi connectivity index (χ0n) is 19.6. The van der Waals surface area contributed by atoms with E-state index in [1.54, 1.807) is 6.07 Å². The van der Waals surface area contributed by atoms with Crippen LogP contribution in [0.5, 0.6) is 0 Å². The van der Waals surface area contributed by atoms with Gasteiger partial charge in [0.15, 0.2) is 5.58 Å². The summed E-state index contributed by atoms with van der Waals surface area (Å²) in [6.45, 7) is 5.14. The van der Waals surface area contributed by atoms with Crippen LogP contribution in [0.25, 0.3) is 11.1 Å². The molecule has 0 aliphatic carbocycles. The summed E-state index contributed by atoms with van der Waals surface area (Å²) in [5.74, 6) is -1.30. The fraction of sp³-hybridized carbons (Fsp3) is 0.565. The number of rotatable bonds is 3. The van der Waals surface area contributed by atoms with Crippen molar-refractivity contribution in [1.82, 2.24) is 9.88 Å². The van der Waals surface area contributed by atoms with Gasteiger partial charge < -0.3 is 30.2 Å². The number of likely N-dealkylation sites (tertiary alicyclic amines) is 1. The highest BCUT2D eigenvalue weighted by molar-refractivity contribution is 6.31. The van der Waals surface area contributed by atoms with E-state index in [4.69, 9.17) is 41.6 Å². The van der Waals surface area contributed by atoms with E-state index in [0.29, 0.717) is 23.2 Å². The molecule has 1 aromatic heterocycles. The molecular formula is C23H33ClN4O6. The van der Waals surface area contributed by atoms with E-state index >= 15 is 0 Å². The van der Waals surface area contributed by atoms with Crippen LogP contribution < -0.4 is 10.6 Å². The Labute approximate surface area is 203 Å². The molecule has 1 aromatic carbocycles. The molecule has 34 heavy (non-hydrogen) atoms. The van der Waals surface area contributed by atoms with Crippen LogP contribution in [0.3, 0.4) is 0 Å². The topological polar surface area (TPSA) is 150 Å². The predicted octanol–water partition coefficient (Wildman–Crippen LogP) is 3.22. The second kappa shape index (κ2) is 13.1. The maximum Gasteiger partial charge on any atom is 0.300 e. The largest absolute Gasteiger partial charge is 0.481 e. The molecule has 2 fully saturated rings. The van der Waals surface area contributed by atoms with Crippen LogP contribution >= 0.6 is 11.6 Å². The number of piperidine rings is 2. The Hall–Kier alpha value is -2.85. The summed E-state index contributed by atoms with van der Waals surface area (Å²) in [7, 11) is 0. The SMILES string of the molecule is CC(=O)O.CC(=O)O.NCC1CCCCN1C(=O)C1CCN(c2nc3ccc(Cl)cc3o2)CC1. The number of carbonyl (C=O) groups excluding carboxylic acids is 1. The highest BCUT2D eigenvalue weighted by atomic mass is 35.5. The summed E-state index contributed by atoms with van der Waals surface area (Å²) < 4.78 is 5.85. The minimum Gasteiger partial charge on any atom is -0.481 e. The second-order valence-electron chi connectivity index (χ2n) is 8.32. The maximum absolute atomic E-state index is 12.9. The number of benzene rings is 1. The number of fused-ring (bicyclic) bond motifs is 1. The number of hydrogen-bond acceptors (Lipinski definition) is 7. The van der Waals surface area contributed by atoms with Crippen LogP contribution in [0.1, 0.15) is 46.0 Å². The Kier molecular flexibility index (Phi) is 10.6. The van der Waals surface area contributed by atoms with Gasteiger partial charge in [-0.05, 0) is 44.2 Å². The van der Waals surface area contributed by atoms with Crippen LogP contribution in [-0.2, 0) is 14.4 Å². The van der Waals surface area contributed by atoms with E-state index in [9.17, 15) is 4.79 Å². The smallest absolute Gasteiger partial charge is 0.300 e. The predicted molar refractivity (Wildman–Crippen MR) is 129 cm³/mol. The van der Waals surface area contributed by atoms with Crippen molar-refractivity contribution in [3.63, 3.8) is 0 Å². The van der Waals surface area contributed by atoms with E-state index in [1.807, 2.05) is 17.0 Å². The zero-order valence-corrected chi connectivity index (χ0v) is 20.3. The molecule has 2 aromatic rings. The van der Waals surface area contributed by atoms with Crippen LogP contribution in [0.15, 0.2) is 22.6 Å². The number of halogens is 1. The number of hydrogen-bond donors (Lipinski definition) is 3. The van der Waals surface area contributed by atoms with E-state index in [2.05, 4.69) is 9.88 Å². The average molecular weight is 497 g/mol. The third-order valence-corrected chi connectivity index (χ3v) is 5.87. The fourth-order valence-corrected chi connectivity index (χ4v) is 4.27. The van der Waals surface area contributed by atoms with Gasteiger partial charge in [-0.1, -0.05) is 11.6 Å². The molecule has 1 unspecified atom stereocenters. The van der Waals surface area contributed by atoms with Gasteiger partial charge in [-0.15, -0.1) is 0 Å². The first-order valence-corrected chi connectivity index (χ1v) is 11.7. The first kappa shape index (κ1) is 27.4. The maximum atomic E-state index is 12.9. The Balaban J connectivity index is 0.000000446. The number of carbonyl (C=O) groups is 3. The summed E-state index contributed by atoms with van der Waals surface area (Å²) >= 11 is 6.01. The number of aliphatic carboxylic acids is 2. The van der Waals surface area contributed by atoms with Crippen LogP contribution in [0.2, 0.25) is 5.02 Å². The lowest BCUT2D eigenvalue weighted by atomic mass is 9.92. The first-order valence-electron chi connectivity index (χ1n) is 11.3. The summed E-state index contributed by atoms with van der Waals surface area (Å²) in [4.78, 5) is 39.6. The number of oxazole rings is 1. The van der Waals surface area contributed by atoms with Crippen LogP contribution in [0.4, 0.5) is 6.01 Å². The van der Waals surface area contributed by atoms with Gasteiger partial charge in [-0.25, -0.2) is 0 Å². The summed E-state index contributed by atoms with van der Waals surface area (Å²) in [6, 6.07) is 6.30. The normalized spacial score (nSPS) is 18.4. The van der Waals surface area contributed by atoms with Gasteiger partial charge in [0.25, 0.3) is 18.0 Å². The van der Waals surface area contributed by atoms with Crippen molar-refractivity contribution >= 4 is 46.6 Å². The summed E-state index contributed by atoms with van der Waals surface area (Å²) in [5.41, 5.74) is 7.38. The first-order chi connectivity index (χ1) is 16.1. The number of amides is 1. The standard InChI is InChI=1S/C19H25ClN4O2.2C2H4O2/c20-14-4-5-16-17(11-14)26-19(22-16)23-9-6-13(7-10-23)18(25)24-8-2-1-3-15(24)12-21;2*1-2(3)4/h4-5,11,13,15H,1-3,6-10,12,21H2;2*1H3,(H,3,4). The summed E-state index contributed by atoms with van der Waals surface area (Å²) in [6.07, 6.45) is 4.95. The molecule has 0 radical (unpaired) electrons. The molecule has 0 saturated carbocycles. The average Bonchev–Trinajstić information content (AvgIpc) is 3.21. The molecular weight excluding hydrogens is 464 g/mol. The molecule has 2 aliphatic rings. The van der Waals surface area contributed by atoms with E-state index in [1.165, 1.54) is 6.42 Å². The van der Waals surface area contributed by atoms with Gasteiger partial charge in [0, 0.05) is 63.1 Å². The quantitative estimate of drug-likeness (QED) is 0.581. The van der Waals surface area contributed by atoms with Gasteiger partial charge >= 0.3 is 0 Å². The highest BCUT2D eigenvalue weighted by Gasteiger charge is 2.33. The molecule has 2 aliphatic heterocycles. The molecule has 0 spiro atoms. The van der Waals surface area contributed by atoms with Crippen molar-refractivity contribution in [2.45, 2.75) is 52.0 Å². The second-order valence-corrected chi connectivity index (χ2v) is 8.76. The van der Waals surface area contributed by atoms with E-state index in [0.717, 1.165) is 64.7 Å². The third kappa shape index (κ3) is 8.18. The van der Waals surface area contributed by atoms with Crippen LogP contribution in [0, 0.1) is 5.92 Å². The number of carboxylic acids is 2. The fourth-order valence-electron chi connectivity index (χ4n) is 4.11. The molecule has 1 amide bonds. The van der Waals surface area contributed by atoms with Crippen molar-refractivity contribution < 1.29 is 29.0 Å². The Bertz CT molecular complexity index is 954. The number of nitrogens with two attached hydrogens (primary N) is 1. The molecule has 10 nitrogen and oxygen atoms in total. The monoisotopic (exact) mass is 496 g/mol. The van der Waals surface area contributed by atoms with Gasteiger partial charge in [-0.2, -0.15) is 4.98 Å². The van der Waals surface area contributed by atoms with E-state index < -0.39 is 11.9 Å². The molecule has 11 heteroatoms. The van der Waals surface area contributed by atoms with Crippen molar-refractivity contribution in [2.75, 3.05) is 31.1 Å². The molecule has 0 bridgehead atoms. The molecule has 4 rings (SSSR count). The zero-order chi connectivity index (χ0) is 25.3. The molecule has 4 N–H and O–H groups in total. The Morgan fingerprint density at radius 3 is 2.29 bits per heavy atom. The minimum atomic E-state index is -0.833. The van der Waals surface area contributed by atoms with Crippen molar-refractivity contribution in [1.29, 1.82) is 0 Å². The van der Waals surface area contributed by atoms with Crippen molar-refractivity contribution in [3.05, 3.63) is 23.2 Å². The highest BCUT2D eigenvalue weighted by Crippen LogP contribution is 2.29. The van der Waals surface area contributed by atoms with E-state index in [-0.39, 0.29) is 17.9 Å². The molecule has 1 atom stereocenters. The molecule has 2 saturated heterocycles. The molecule has 188 valence electrons. The lowest BCUT2D eigenvalue weighted by molar-refractivity contribution is -0.140. The molecule has 3 heterocycles. The van der Waals surface area contributed by atoms with Crippen LogP contribution in [-0.4, -0.2) is 70.2 Å². The minimum absolute atomic E-state index is 0.0808. The summed E-state index contributed by atoms with van der Waals surface area (Å²) in [5, 5.41) is 15.5. The lowest BCUT2D eigenvalue weighted by Gasteiger charge is -2.39. The Morgan fingerprint density at radius 1 is 1.09 bits per heavy atom. The number of aromatic nitrogens is 1. The van der Waals surface area contributed by atoms with Gasteiger partial charge in [0.05, 0.1) is 0 Å². The third-order valence-electron chi connectivity index (χ3n) is 5.64. The number of anilines is 1. The Morgan fingerprint density at radius 2 is 1.71 bits per heavy atom. The van der Waals surface area contributed by atoms with Gasteiger partial charge in [0.1, 0.15) is 5.52 Å². The number of nitrogens with zero attached hydrogens (tertiary/aromatic N) is 3. The van der Waals surface area contributed by atoms with Gasteiger partial charge in [-0.3, -0.25) is 14.4 Å². The number of carboxylic acid groups (broad SMARTS) is 2. The lowest BCUT2D eigenvalue weighted by Crippen LogP contribution is -2.51. The van der Waals surface area contributed by atoms with Crippen molar-refractivity contribution in [3.8, 4) is 0 Å². The van der Waals surface area contributed by atoms with Crippen molar-refractivity contribution in [2.24, 2.45) is 11.7 Å².